The molecule has 0 bridgehead atoms. The van der Waals surface area contributed by atoms with Crippen LogP contribution in [0.3, 0.4) is 0 Å². The fourth-order valence-corrected chi connectivity index (χ4v) is 2.71. The predicted molar refractivity (Wildman–Crippen MR) is 74.7 cm³/mol. The summed E-state index contributed by atoms with van der Waals surface area (Å²) < 4.78 is 13.4. The Kier molecular flexibility index (Phi) is 3.97. The van der Waals surface area contributed by atoms with E-state index in [2.05, 4.69) is 15.2 Å². The third-order valence-corrected chi connectivity index (χ3v) is 3.97. The van der Waals surface area contributed by atoms with E-state index in [9.17, 15) is 4.39 Å². The number of aromatic nitrogens is 1. The lowest BCUT2D eigenvalue weighted by atomic mass is 10.2. The first-order valence-electron chi connectivity index (χ1n) is 7.46. The van der Waals surface area contributed by atoms with E-state index in [0.717, 1.165) is 31.0 Å². The van der Waals surface area contributed by atoms with Crippen molar-refractivity contribution < 1.29 is 4.39 Å². The maximum absolute atomic E-state index is 13.4. The van der Waals surface area contributed by atoms with Crippen LogP contribution in [-0.4, -0.2) is 24.1 Å². The molecule has 1 saturated carbocycles. The van der Waals surface area contributed by atoms with Crippen molar-refractivity contribution in [3.8, 4) is 0 Å². The Morgan fingerprint density at radius 1 is 1.21 bits per heavy atom. The molecule has 104 valence electrons. The van der Waals surface area contributed by atoms with E-state index >= 15 is 0 Å². The average Bonchev–Trinajstić information content (AvgIpc) is 3.24. The van der Waals surface area contributed by atoms with Gasteiger partial charge in [0.05, 0.1) is 6.20 Å². The van der Waals surface area contributed by atoms with E-state index in [4.69, 9.17) is 0 Å². The van der Waals surface area contributed by atoms with E-state index in [1.807, 2.05) is 0 Å². The van der Waals surface area contributed by atoms with E-state index in [1.165, 1.54) is 44.7 Å². The summed E-state index contributed by atoms with van der Waals surface area (Å²) in [6, 6.07) is 2.28. The van der Waals surface area contributed by atoms with Crippen molar-refractivity contribution in [2.24, 2.45) is 0 Å². The van der Waals surface area contributed by atoms with Gasteiger partial charge in [0.2, 0.25) is 0 Å². The molecule has 1 saturated heterocycles. The highest BCUT2D eigenvalue weighted by Gasteiger charge is 2.22. The summed E-state index contributed by atoms with van der Waals surface area (Å²) >= 11 is 0. The van der Waals surface area contributed by atoms with Gasteiger partial charge in [0.25, 0.3) is 0 Å². The van der Waals surface area contributed by atoms with Gasteiger partial charge in [-0.2, -0.15) is 0 Å². The molecule has 0 amide bonds. The second kappa shape index (κ2) is 5.87. The SMILES string of the molecule is Fc1cnc(N2CCCCCC2)c(CNC2CC2)c1. The minimum absolute atomic E-state index is 0.230. The Bertz CT molecular complexity index is 423. The number of hydrogen-bond acceptors (Lipinski definition) is 3. The molecule has 1 aromatic rings. The third-order valence-electron chi connectivity index (χ3n) is 3.97. The molecular weight excluding hydrogens is 241 g/mol. The highest BCUT2D eigenvalue weighted by atomic mass is 19.1. The van der Waals surface area contributed by atoms with Crippen molar-refractivity contribution in [3.63, 3.8) is 0 Å². The van der Waals surface area contributed by atoms with E-state index in [0.29, 0.717) is 6.04 Å². The molecule has 2 heterocycles. The number of nitrogens with one attached hydrogen (secondary N) is 1. The molecule has 19 heavy (non-hydrogen) atoms. The van der Waals surface area contributed by atoms with Gasteiger partial charge < -0.3 is 10.2 Å². The van der Waals surface area contributed by atoms with Crippen LogP contribution >= 0.6 is 0 Å². The third kappa shape index (κ3) is 3.44. The van der Waals surface area contributed by atoms with Gasteiger partial charge in [-0.3, -0.25) is 0 Å². The molecule has 2 fully saturated rings. The van der Waals surface area contributed by atoms with E-state index < -0.39 is 0 Å². The highest BCUT2D eigenvalue weighted by Crippen LogP contribution is 2.24. The monoisotopic (exact) mass is 263 g/mol. The van der Waals surface area contributed by atoms with Gasteiger partial charge in [-0.15, -0.1) is 0 Å². The molecule has 0 spiro atoms. The van der Waals surface area contributed by atoms with Crippen LogP contribution in [0.2, 0.25) is 0 Å². The summed E-state index contributed by atoms with van der Waals surface area (Å²) in [7, 11) is 0. The number of anilines is 1. The quantitative estimate of drug-likeness (QED) is 0.905. The fraction of sp³-hybridized carbons (Fsp3) is 0.667. The molecular formula is C15H22FN3. The van der Waals surface area contributed by atoms with Crippen molar-refractivity contribution >= 4 is 5.82 Å². The standard InChI is InChI=1S/C15H22FN3/c16-13-9-12(10-17-14-5-6-14)15(18-11-13)19-7-3-1-2-4-8-19/h9,11,14,17H,1-8,10H2. The zero-order valence-corrected chi connectivity index (χ0v) is 11.4. The zero-order valence-electron chi connectivity index (χ0n) is 11.4. The average molecular weight is 263 g/mol. The Balaban J connectivity index is 1.76. The van der Waals surface area contributed by atoms with Gasteiger partial charge in [0.15, 0.2) is 0 Å². The first-order valence-corrected chi connectivity index (χ1v) is 7.46. The summed E-state index contributed by atoms with van der Waals surface area (Å²) in [6.45, 7) is 2.84. The van der Waals surface area contributed by atoms with Gasteiger partial charge in [-0.1, -0.05) is 12.8 Å². The van der Waals surface area contributed by atoms with Gasteiger partial charge >= 0.3 is 0 Å². The first kappa shape index (κ1) is 12.9. The molecule has 3 rings (SSSR count). The molecule has 4 heteroatoms. The van der Waals surface area contributed by atoms with Crippen LogP contribution in [0.25, 0.3) is 0 Å². The Morgan fingerprint density at radius 2 is 1.95 bits per heavy atom. The normalized spacial score (nSPS) is 20.4. The van der Waals surface area contributed by atoms with Crippen molar-refractivity contribution in [1.82, 2.24) is 10.3 Å². The van der Waals surface area contributed by atoms with Gasteiger partial charge in [0, 0.05) is 31.2 Å². The number of hydrogen-bond donors (Lipinski definition) is 1. The molecule has 1 aliphatic carbocycles. The summed E-state index contributed by atoms with van der Waals surface area (Å²) in [5, 5.41) is 3.46. The lowest BCUT2D eigenvalue weighted by molar-refractivity contribution is 0.609. The van der Waals surface area contributed by atoms with Crippen LogP contribution in [0.4, 0.5) is 10.2 Å². The molecule has 0 unspecified atom stereocenters. The fourth-order valence-electron chi connectivity index (χ4n) is 2.71. The predicted octanol–water partition coefficient (Wildman–Crippen LogP) is 2.85. The molecule has 3 nitrogen and oxygen atoms in total. The van der Waals surface area contributed by atoms with Crippen LogP contribution in [0.5, 0.6) is 0 Å². The molecule has 1 aromatic heterocycles. The largest absolute Gasteiger partial charge is 0.356 e. The Morgan fingerprint density at radius 3 is 2.63 bits per heavy atom. The summed E-state index contributed by atoms with van der Waals surface area (Å²) in [6.07, 6.45) is 8.88. The Labute approximate surface area is 114 Å². The maximum atomic E-state index is 13.4. The summed E-state index contributed by atoms with van der Waals surface area (Å²) in [5.41, 5.74) is 1.01. The van der Waals surface area contributed by atoms with Crippen LogP contribution in [0.15, 0.2) is 12.3 Å². The summed E-state index contributed by atoms with van der Waals surface area (Å²) in [5.74, 6) is 0.752. The second-order valence-electron chi connectivity index (χ2n) is 5.69. The van der Waals surface area contributed by atoms with E-state index in [-0.39, 0.29) is 5.82 Å². The second-order valence-corrected chi connectivity index (χ2v) is 5.69. The molecule has 2 aliphatic rings. The van der Waals surface area contributed by atoms with Crippen LogP contribution in [-0.2, 0) is 6.54 Å². The van der Waals surface area contributed by atoms with Crippen LogP contribution < -0.4 is 10.2 Å². The lowest BCUT2D eigenvalue weighted by Crippen LogP contribution is -2.27. The number of nitrogens with zero attached hydrogens (tertiary/aromatic N) is 2. The van der Waals surface area contributed by atoms with Gasteiger partial charge in [-0.05, 0) is 31.7 Å². The molecule has 1 N–H and O–H groups in total. The van der Waals surface area contributed by atoms with Gasteiger partial charge in [-0.25, -0.2) is 9.37 Å². The van der Waals surface area contributed by atoms with Crippen molar-refractivity contribution in [1.29, 1.82) is 0 Å². The Hall–Kier alpha value is -1.16. The topological polar surface area (TPSA) is 28.2 Å². The van der Waals surface area contributed by atoms with Crippen molar-refractivity contribution in [3.05, 3.63) is 23.6 Å². The minimum Gasteiger partial charge on any atom is -0.356 e. The van der Waals surface area contributed by atoms with Gasteiger partial charge in [0.1, 0.15) is 11.6 Å². The molecule has 1 aliphatic heterocycles. The van der Waals surface area contributed by atoms with Crippen LogP contribution in [0, 0.1) is 5.82 Å². The summed E-state index contributed by atoms with van der Waals surface area (Å²) in [4.78, 5) is 6.68. The number of halogens is 1. The van der Waals surface area contributed by atoms with Crippen molar-refractivity contribution in [2.45, 2.75) is 51.1 Å². The highest BCUT2D eigenvalue weighted by molar-refractivity contribution is 5.47. The number of rotatable bonds is 4. The minimum atomic E-state index is -0.230. The molecule has 0 radical (unpaired) electrons. The van der Waals surface area contributed by atoms with Crippen LogP contribution in [0.1, 0.15) is 44.1 Å². The smallest absolute Gasteiger partial charge is 0.141 e. The molecule has 0 aromatic carbocycles. The lowest BCUT2D eigenvalue weighted by Gasteiger charge is -2.24. The maximum Gasteiger partial charge on any atom is 0.141 e. The zero-order chi connectivity index (χ0) is 13.1. The molecule has 0 atom stereocenters. The van der Waals surface area contributed by atoms with Crippen molar-refractivity contribution in [2.75, 3.05) is 18.0 Å². The number of pyridine rings is 1. The van der Waals surface area contributed by atoms with E-state index in [1.54, 1.807) is 6.07 Å². The first-order chi connectivity index (χ1) is 9.33.